The highest BCUT2D eigenvalue weighted by atomic mass is 35.5. The first-order valence-corrected chi connectivity index (χ1v) is 27.7. The lowest BCUT2D eigenvalue weighted by molar-refractivity contribution is -0.121. The smallest absolute Gasteiger partial charge is 0.387 e. The quantitative estimate of drug-likeness (QED) is 0.0685. The molecular weight excluding hydrogens is 1080 g/mol. The largest absolute Gasteiger partial charge is 0.435 e. The number of aryl methyl sites for hydroxylation is 3. The number of nitrogens with one attached hydrogen (secondary N) is 3. The third-order valence-corrected chi connectivity index (χ3v) is 14.0. The lowest BCUT2D eigenvalue weighted by Gasteiger charge is -2.29. The number of anilines is 3. The lowest BCUT2D eigenvalue weighted by Crippen LogP contribution is -2.30. The number of carbonyl (C=O) groups excluding carboxylic acids is 3. The number of rotatable bonds is 14. The first-order chi connectivity index (χ1) is 39.0. The van der Waals surface area contributed by atoms with Crippen molar-refractivity contribution in [3.05, 3.63) is 148 Å². The number of halogens is 3. The molecule has 3 amide bonds. The molecule has 1 saturated carbocycles. The number of aliphatic hydroxyl groups is 2. The van der Waals surface area contributed by atoms with Crippen LogP contribution in [-0.2, 0) is 31.1 Å². The second kappa shape index (κ2) is 24.7. The number of alkyl halides is 2. The molecule has 0 aliphatic heterocycles. The van der Waals surface area contributed by atoms with Crippen LogP contribution in [0, 0.1) is 26.2 Å². The van der Waals surface area contributed by atoms with E-state index in [1.54, 1.807) is 91.2 Å². The van der Waals surface area contributed by atoms with Crippen molar-refractivity contribution in [2.45, 2.75) is 144 Å². The van der Waals surface area contributed by atoms with E-state index in [0.717, 1.165) is 58.5 Å². The third kappa shape index (κ3) is 15.1. The van der Waals surface area contributed by atoms with Gasteiger partial charge in [0.2, 0.25) is 35.6 Å². The number of hydrogen-bond donors (Lipinski definition) is 5. The van der Waals surface area contributed by atoms with Gasteiger partial charge in [-0.05, 0) is 152 Å². The van der Waals surface area contributed by atoms with Crippen LogP contribution in [0.3, 0.4) is 0 Å². The van der Waals surface area contributed by atoms with Gasteiger partial charge in [-0.3, -0.25) is 44.0 Å². The van der Waals surface area contributed by atoms with E-state index in [4.69, 9.17) is 11.6 Å². The molecule has 0 spiro atoms. The summed E-state index contributed by atoms with van der Waals surface area (Å²) in [6, 6.07) is 31.5. The summed E-state index contributed by atoms with van der Waals surface area (Å²) in [5, 5.41) is 30.7. The van der Waals surface area contributed by atoms with Gasteiger partial charge in [0, 0.05) is 46.2 Å². The first kappa shape index (κ1) is 60.9. The molecule has 1 aliphatic rings. The standard InChI is InChI=1S/C24H22F2N4O3.C21H23ClN4O2.C17H26N4O/c1-15-8-13-19-21(27-15)30(17-9-11-18(12-10-17)33-22(25)26)23(28-19)29-20(31)14-24(2,32)16-6-4-3-5-7-16;1-13-10-17-19(23-12-13)26(14-6-5-7-14)20(24-17)25-18(27)11-21(2,28)15-8-3-4-9-16(15)22;1-11-8-9-12-14(18-11)21(17(5,6)7)15(19-12)20-13(22)10-16(2,3)4/h3-13,22,32H,14H2,1-2H3,(H,28,29,31);3-4,8-10,12,14,28H,5-7,11H2,1-2H3,(H,24,25,27);8-9H,10H2,1-7H3,(H,19,20,22)/t24-;21-;/m00./s1. The Kier molecular flexibility index (Phi) is 18.1. The van der Waals surface area contributed by atoms with Crippen LogP contribution in [-0.4, -0.2) is 78.2 Å². The van der Waals surface area contributed by atoms with E-state index in [9.17, 15) is 33.4 Å². The molecule has 10 rings (SSSR count). The maximum absolute atomic E-state index is 12.9. The van der Waals surface area contributed by atoms with Gasteiger partial charge in [0.05, 0.1) is 29.7 Å². The molecule has 2 atom stereocenters. The van der Waals surface area contributed by atoms with E-state index in [1.807, 2.05) is 81.1 Å². The molecule has 21 heteroatoms. The summed E-state index contributed by atoms with van der Waals surface area (Å²) < 4.78 is 35.0. The summed E-state index contributed by atoms with van der Waals surface area (Å²) in [5.41, 5.74) is 5.50. The first-order valence-electron chi connectivity index (χ1n) is 27.3. The van der Waals surface area contributed by atoms with Crippen LogP contribution in [0.5, 0.6) is 5.75 Å². The zero-order chi connectivity index (χ0) is 60.2. The highest BCUT2D eigenvalue weighted by Gasteiger charge is 2.32. The highest BCUT2D eigenvalue weighted by Crippen LogP contribution is 2.38. The number of ether oxygens (including phenoxy) is 1. The average Bonchev–Trinajstić information content (AvgIpc) is 4.10. The van der Waals surface area contributed by atoms with Crippen LogP contribution in [0.2, 0.25) is 5.02 Å². The number of amides is 3. The molecule has 83 heavy (non-hydrogen) atoms. The fourth-order valence-electron chi connectivity index (χ4n) is 9.60. The van der Waals surface area contributed by atoms with Crippen LogP contribution in [0.1, 0.15) is 128 Å². The van der Waals surface area contributed by atoms with E-state index in [-0.39, 0.29) is 47.3 Å². The van der Waals surface area contributed by atoms with Gasteiger partial charge in [0.15, 0.2) is 16.9 Å². The Bertz CT molecular complexity index is 3790. The number of imidazole rings is 3. The van der Waals surface area contributed by atoms with Crippen LogP contribution >= 0.6 is 11.6 Å². The zero-order valence-corrected chi connectivity index (χ0v) is 49.3. The van der Waals surface area contributed by atoms with Gasteiger partial charge in [-0.15, -0.1) is 0 Å². The number of nitrogens with zero attached hydrogens (tertiary/aromatic N) is 9. The molecule has 6 aromatic heterocycles. The van der Waals surface area contributed by atoms with Gasteiger partial charge in [-0.2, -0.15) is 8.78 Å². The van der Waals surface area contributed by atoms with Crippen molar-refractivity contribution < 1.29 is 38.1 Å². The summed E-state index contributed by atoms with van der Waals surface area (Å²) in [6.07, 6.45) is 5.18. The predicted molar refractivity (Wildman–Crippen MR) is 319 cm³/mol. The topological polar surface area (TPSA) is 229 Å². The number of pyridine rings is 3. The summed E-state index contributed by atoms with van der Waals surface area (Å²) in [4.78, 5) is 65.2. The average molecular weight is 1150 g/mol. The Balaban J connectivity index is 0.000000166. The molecule has 18 nitrogen and oxygen atoms in total. The predicted octanol–water partition coefficient (Wildman–Crippen LogP) is 12.8. The van der Waals surface area contributed by atoms with Gasteiger partial charge in [-0.1, -0.05) is 80.9 Å². The maximum atomic E-state index is 12.9. The molecule has 436 valence electrons. The summed E-state index contributed by atoms with van der Waals surface area (Å²) in [5.74, 6) is 0.455. The SMILES string of the molecule is Cc1ccc2nc(NC(=O)CC(C)(C)C)n(C(C)(C)C)c2n1.Cc1ccc2nc(NC(=O)C[C@](C)(O)c3ccccc3)n(-c3ccc(OC(F)F)cc3)c2n1.Cc1cnc2c(c1)nc(NC(=O)C[C@](C)(O)c1ccccc1Cl)n2C1CCC1. The number of carbonyl (C=O) groups is 3. The molecule has 1 aliphatic carbocycles. The number of fused-ring (bicyclic) bond motifs is 3. The van der Waals surface area contributed by atoms with Crippen molar-refractivity contribution in [2.75, 3.05) is 16.0 Å². The zero-order valence-electron chi connectivity index (χ0n) is 48.6. The van der Waals surface area contributed by atoms with Crippen molar-refractivity contribution in [1.29, 1.82) is 0 Å². The third-order valence-electron chi connectivity index (χ3n) is 13.7. The van der Waals surface area contributed by atoms with E-state index >= 15 is 0 Å². The second-order valence-electron chi connectivity index (χ2n) is 23.6. The molecular formula is C62H71ClF2N12O6. The minimum absolute atomic E-state index is 0.00630. The van der Waals surface area contributed by atoms with E-state index in [1.165, 1.54) is 12.1 Å². The van der Waals surface area contributed by atoms with Gasteiger partial charge < -0.3 is 14.9 Å². The highest BCUT2D eigenvalue weighted by molar-refractivity contribution is 6.31. The van der Waals surface area contributed by atoms with E-state index < -0.39 is 23.7 Å². The Morgan fingerprint density at radius 3 is 1.77 bits per heavy atom. The van der Waals surface area contributed by atoms with Crippen LogP contribution in [0.4, 0.5) is 26.6 Å². The number of hydrogen-bond acceptors (Lipinski definition) is 12. The lowest BCUT2D eigenvalue weighted by atomic mass is 9.92. The summed E-state index contributed by atoms with van der Waals surface area (Å²) >= 11 is 6.20. The molecule has 0 radical (unpaired) electrons. The van der Waals surface area contributed by atoms with Crippen molar-refractivity contribution in [3.63, 3.8) is 0 Å². The monoisotopic (exact) mass is 1150 g/mol. The molecule has 0 unspecified atom stereocenters. The van der Waals surface area contributed by atoms with Crippen molar-refractivity contribution in [2.24, 2.45) is 5.41 Å². The fourth-order valence-corrected chi connectivity index (χ4v) is 9.94. The number of benzene rings is 3. The van der Waals surface area contributed by atoms with Crippen molar-refractivity contribution in [1.82, 2.24) is 43.6 Å². The number of aromatic nitrogens is 9. The molecule has 1 fully saturated rings. The van der Waals surface area contributed by atoms with Gasteiger partial charge in [0.25, 0.3) is 0 Å². The van der Waals surface area contributed by atoms with E-state index in [0.29, 0.717) is 57.4 Å². The van der Waals surface area contributed by atoms with E-state index in [2.05, 4.69) is 71.4 Å². The van der Waals surface area contributed by atoms with Crippen LogP contribution < -0.4 is 20.7 Å². The van der Waals surface area contributed by atoms with Gasteiger partial charge in [-0.25, -0.2) is 29.9 Å². The normalized spacial score (nSPS) is 14.2. The maximum Gasteiger partial charge on any atom is 0.387 e. The minimum atomic E-state index is -2.93. The fraction of sp³-hybridized carbons (Fsp3) is 0.371. The van der Waals surface area contributed by atoms with Crippen LogP contribution in [0.15, 0.2) is 115 Å². The molecule has 3 aromatic carbocycles. The van der Waals surface area contributed by atoms with Crippen molar-refractivity contribution >= 4 is 80.7 Å². The molecule has 0 bridgehead atoms. The van der Waals surface area contributed by atoms with Crippen molar-refractivity contribution in [3.8, 4) is 11.4 Å². The van der Waals surface area contributed by atoms with Crippen LogP contribution in [0.25, 0.3) is 39.2 Å². The Morgan fingerprint density at radius 1 is 0.639 bits per heavy atom. The Hall–Kier alpha value is -8.20. The molecule has 5 N–H and O–H groups in total. The summed E-state index contributed by atoms with van der Waals surface area (Å²) in [7, 11) is 0. The Morgan fingerprint density at radius 2 is 1.18 bits per heavy atom. The second-order valence-corrected chi connectivity index (χ2v) is 24.0. The molecule has 6 heterocycles. The van der Waals surface area contributed by atoms with Gasteiger partial charge >= 0.3 is 6.61 Å². The minimum Gasteiger partial charge on any atom is -0.435 e. The van der Waals surface area contributed by atoms with Gasteiger partial charge in [0.1, 0.15) is 22.3 Å². The molecule has 9 aromatic rings. The molecule has 0 saturated heterocycles. The Labute approximate surface area is 485 Å². The summed E-state index contributed by atoms with van der Waals surface area (Å²) in [6.45, 7) is 18.4.